The van der Waals surface area contributed by atoms with Gasteiger partial charge in [0, 0.05) is 15.6 Å². The second kappa shape index (κ2) is 4.81. The van der Waals surface area contributed by atoms with Crippen molar-refractivity contribution in [1.29, 1.82) is 0 Å². The van der Waals surface area contributed by atoms with Crippen LogP contribution in [-0.4, -0.2) is 11.4 Å². The van der Waals surface area contributed by atoms with Crippen LogP contribution in [-0.2, 0) is 6.18 Å². The van der Waals surface area contributed by atoms with Crippen LogP contribution >= 0.6 is 15.9 Å². The molecule has 0 radical (unpaired) electrons. The van der Waals surface area contributed by atoms with Crippen LogP contribution in [0, 0.1) is 0 Å². The second-order valence-corrected chi connectivity index (χ2v) is 6.01. The van der Waals surface area contributed by atoms with Crippen LogP contribution in [0.25, 0.3) is 0 Å². The van der Waals surface area contributed by atoms with Gasteiger partial charge in [-0.3, -0.25) is 4.79 Å². The number of hydrogen-bond donors (Lipinski definition) is 1. The van der Waals surface area contributed by atoms with Crippen molar-refractivity contribution in [2.75, 3.05) is 0 Å². The largest absolute Gasteiger partial charge is 0.416 e. The highest BCUT2D eigenvalue weighted by Gasteiger charge is 2.35. The summed E-state index contributed by atoms with van der Waals surface area (Å²) in [6, 6.07) is 3.23. The van der Waals surface area contributed by atoms with Crippen molar-refractivity contribution in [2.24, 2.45) is 0 Å². The van der Waals surface area contributed by atoms with Gasteiger partial charge in [0.1, 0.15) is 0 Å². The summed E-state index contributed by atoms with van der Waals surface area (Å²) < 4.78 is 38.3. The van der Waals surface area contributed by atoms with E-state index in [-0.39, 0.29) is 15.6 Å². The van der Waals surface area contributed by atoms with Crippen LogP contribution in [0.15, 0.2) is 22.7 Å². The van der Waals surface area contributed by atoms with Crippen LogP contribution in [0.2, 0.25) is 0 Å². The molecule has 0 bridgehead atoms. The van der Waals surface area contributed by atoms with Gasteiger partial charge in [0.15, 0.2) is 0 Å². The first kappa shape index (κ1) is 14.4. The molecule has 1 saturated carbocycles. The lowest BCUT2D eigenvalue weighted by Gasteiger charge is -2.39. The topological polar surface area (TPSA) is 29.1 Å². The van der Waals surface area contributed by atoms with E-state index in [0.29, 0.717) is 0 Å². The summed E-state index contributed by atoms with van der Waals surface area (Å²) in [7, 11) is 0. The molecule has 2 nitrogen and oxygen atoms in total. The van der Waals surface area contributed by atoms with Gasteiger partial charge >= 0.3 is 6.18 Å². The van der Waals surface area contributed by atoms with Gasteiger partial charge in [-0.2, -0.15) is 13.2 Å². The minimum atomic E-state index is -4.46. The highest BCUT2D eigenvalue weighted by molar-refractivity contribution is 9.10. The van der Waals surface area contributed by atoms with Crippen LogP contribution in [0.4, 0.5) is 13.2 Å². The van der Waals surface area contributed by atoms with E-state index in [1.807, 2.05) is 6.92 Å². The molecule has 0 heterocycles. The lowest BCUT2D eigenvalue weighted by Crippen LogP contribution is -2.50. The number of halogens is 4. The summed E-state index contributed by atoms with van der Waals surface area (Å²) in [6.07, 6.45) is -1.71. The summed E-state index contributed by atoms with van der Waals surface area (Å²) >= 11 is 3.00. The molecule has 0 unspecified atom stereocenters. The van der Waals surface area contributed by atoms with E-state index in [2.05, 4.69) is 21.2 Å². The fraction of sp³-hybridized carbons (Fsp3) is 0.462. The molecule has 2 rings (SSSR count). The van der Waals surface area contributed by atoms with Crippen molar-refractivity contribution in [3.05, 3.63) is 33.8 Å². The summed E-state index contributed by atoms with van der Waals surface area (Å²) in [6.45, 7) is 1.90. The Hall–Kier alpha value is -1.04. The Labute approximate surface area is 117 Å². The fourth-order valence-electron chi connectivity index (χ4n) is 2.06. The Morgan fingerprint density at radius 2 is 1.95 bits per heavy atom. The molecule has 1 aromatic carbocycles. The molecule has 1 fully saturated rings. The number of nitrogens with one attached hydrogen (secondary N) is 1. The number of benzene rings is 1. The van der Waals surface area contributed by atoms with Crippen molar-refractivity contribution in [1.82, 2.24) is 5.32 Å². The van der Waals surface area contributed by atoms with E-state index in [1.165, 1.54) is 6.07 Å². The van der Waals surface area contributed by atoms with Gasteiger partial charge < -0.3 is 5.32 Å². The Balaban J connectivity index is 2.24. The molecule has 6 heteroatoms. The van der Waals surface area contributed by atoms with Gasteiger partial charge in [0.25, 0.3) is 5.91 Å². The maximum atomic E-state index is 12.7. The van der Waals surface area contributed by atoms with Crippen molar-refractivity contribution in [3.63, 3.8) is 0 Å². The highest BCUT2D eigenvalue weighted by atomic mass is 79.9. The smallest absolute Gasteiger partial charge is 0.347 e. The molecule has 1 aromatic rings. The molecule has 1 aliphatic carbocycles. The number of hydrogen-bond acceptors (Lipinski definition) is 1. The zero-order valence-electron chi connectivity index (χ0n) is 10.3. The van der Waals surface area contributed by atoms with E-state index in [9.17, 15) is 18.0 Å². The minimum absolute atomic E-state index is 0.0230. The summed E-state index contributed by atoms with van der Waals surface area (Å²) in [5.41, 5.74) is -1.08. The maximum Gasteiger partial charge on any atom is 0.416 e. The first-order chi connectivity index (χ1) is 8.70. The number of carbonyl (C=O) groups excluding carboxylic acids is 1. The number of rotatable bonds is 2. The molecule has 0 saturated heterocycles. The van der Waals surface area contributed by atoms with E-state index in [0.717, 1.165) is 31.4 Å². The Morgan fingerprint density at radius 3 is 2.42 bits per heavy atom. The van der Waals surface area contributed by atoms with Crippen LogP contribution in [0.3, 0.4) is 0 Å². The lowest BCUT2D eigenvalue weighted by atomic mass is 9.78. The van der Waals surface area contributed by atoms with Gasteiger partial charge in [0.2, 0.25) is 0 Å². The highest BCUT2D eigenvalue weighted by Crippen LogP contribution is 2.33. The Kier molecular flexibility index (Phi) is 3.64. The minimum Gasteiger partial charge on any atom is -0.347 e. The molecule has 1 aliphatic rings. The third-order valence-electron chi connectivity index (χ3n) is 3.36. The Bertz CT molecular complexity index is 509. The molecule has 0 atom stereocenters. The van der Waals surface area contributed by atoms with Crippen molar-refractivity contribution in [2.45, 2.75) is 37.9 Å². The third-order valence-corrected chi connectivity index (χ3v) is 3.82. The molecule has 0 aromatic heterocycles. The monoisotopic (exact) mass is 335 g/mol. The van der Waals surface area contributed by atoms with Crippen LogP contribution in [0.5, 0.6) is 0 Å². The number of carbonyl (C=O) groups is 1. The van der Waals surface area contributed by atoms with Crippen LogP contribution < -0.4 is 5.32 Å². The summed E-state index contributed by atoms with van der Waals surface area (Å²) in [5, 5.41) is 2.79. The molecule has 0 spiro atoms. The van der Waals surface area contributed by atoms with Gasteiger partial charge in [-0.1, -0.05) is 15.9 Å². The lowest BCUT2D eigenvalue weighted by molar-refractivity contribution is -0.137. The summed E-state index contributed by atoms with van der Waals surface area (Å²) in [4.78, 5) is 12.0. The average Bonchev–Trinajstić information content (AvgIpc) is 2.24. The molecular formula is C13H13BrF3NO. The molecule has 104 valence electrons. The SMILES string of the molecule is CC1(NC(=O)c2cc(Br)cc(C(F)(F)F)c2)CCC1. The molecule has 1 amide bonds. The summed E-state index contributed by atoms with van der Waals surface area (Å²) in [5.74, 6) is -0.464. The van der Waals surface area contributed by atoms with Crippen molar-refractivity contribution < 1.29 is 18.0 Å². The number of alkyl halides is 3. The van der Waals surface area contributed by atoms with E-state index in [4.69, 9.17) is 0 Å². The van der Waals surface area contributed by atoms with Crippen molar-refractivity contribution >= 4 is 21.8 Å². The molecular weight excluding hydrogens is 323 g/mol. The van der Waals surface area contributed by atoms with Crippen LogP contribution in [0.1, 0.15) is 42.1 Å². The molecule has 19 heavy (non-hydrogen) atoms. The first-order valence-electron chi connectivity index (χ1n) is 5.90. The van der Waals surface area contributed by atoms with Gasteiger partial charge in [-0.25, -0.2) is 0 Å². The predicted octanol–water partition coefficient (Wildman–Crippen LogP) is 4.14. The second-order valence-electron chi connectivity index (χ2n) is 5.09. The van der Waals surface area contributed by atoms with Crippen molar-refractivity contribution in [3.8, 4) is 0 Å². The van der Waals surface area contributed by atoms with Gasteiger partial charge in [-0.05, 0) is 44.4 Å². The zero-order chi connectivity index (χ0) is 14.3. The maximum absolute atomic E-state index is 12.7. The van der Waals surface area contributed by atoms with E-state index >= 15 is 0 Å². The third kappa shape index (κ3) is 3.29. The van der Waals surface area contributed by atoms with E-state index < -0.39 is 17.6 Å². The quantitative estimate of drug-likeness (QED) is 0.864. The molecule has 0 aliphatic heterocycles. The van der Waals surface area contributed by atoms with Gasteiger partial charge in [-0.15, -0.1) is 0 Å². The average molecular weight is 336 g/mol. The van der Waals surface area contributed by atoms with Gasteiger partial charge in [0.05, 0.1) is 5.56 Å². The standard InChI is InChI=1S/C13H13BrF3NO/c1-12(3-2-4-12)18-11(19)8-5-9(13(15,16)17)7-10(14)6-8/h5-7H,2-4H2,1H3,(H,18,19). The molecule has 1 N–H and O–H groups in total. The normalized spacial score (nSPS) is 17.7. The zero-order valence-corrected chi connectivity index (χ0v) is 11.9. The van der Waals surface area contributed by atoms with E-state index in [1.54, 1.807) is 0 Å². The fourth-order valence-corrected chi connectivity index (χ4v) is 2.56. The Morgan fingerprint density at radius 1 is 1.32 bits per heavy atom. The number of amides is 1. The first-order valence-corrected chi connectivity index (χ1v) is 6.69. The predicted molar refractivity (Wildman–Crippen MR) is 68.9 cm³/mol.